The second-order valence-electron chi connectivity index (χ2n) is 4.18. The van der Waals surface area contributed by atoms with Crippen LogP contribution in [0.5, 0.6) is 0 Å². The Labute approximate surface area is 240 Å². The predicted octanol–water partition coefficient (Wildman–Crippen LogP) is 5.78. The van der Waals surface area contributed by atoms with Gasteiger partial charge in [0, 0.05) is 98.7 Å². The van der Waals surface area contributed by atoms with Gasteiger partial charge in [-0.05, 0) is 13.8 Å². The number of nitrogens with one attached hydrogen (secondary N) is 2. The molecular weight excluding hydrogens is 562 g/mol. The Kier molecular flexibility index (Phi) is 166. The molecule has 0 rings (SSSR count). The fraction of sp³-hybridized carbons (Fsp3) is 0.667. The van der Waals surface area contributed by atoms with Crippen molar-refractivity contribution in [1.29, 1.82) is 0 Å². The molecule has 0 aromatic heterocycles. The van der Waals surface area contributed by atoms with Crippen LogP contribution in [-0.2, 0) is 135 Å². The van der Waals surface area contributed by atoms with Gasteiger partial charge in [-0.3, -0.25) is 0 Å². The van der Waals surface area contributed by atoms with Gasteiger partial charge in [-0.1, -0.05) is 0 Å². The van der Waals surface area contributed by atoms with Gasteiger partial charge in [-0.25, -0.2) is 0 Å². The summed E-state index contributed by atoms with van der Waals surface area (Å²) in [5.41, 5.74) is 11.9. The predicted molar refractivity (Wildman–Crippen MR) is 82.2 cm³/mol. The van der Waals surface area contributed by atoms with E-state index in [2.05, 4.69) is 41.5 Å². The Bertz CT molecular complexity index is 163. The van der Waals surface area contributed by atoms with Crippen LogP contribution >= 0.6 is 18.6 Å². The largest absolute Gasteiger partial charge is 2.00 e. The van der Waals surface area contributed by atoms with Gasteiger partial charge < -0.3 is 32.9 Å². The third-order valence-corrected chi connectivity index (χ3v) is 0. The topological polar surface area (TPSA) is 81.7 Å². The van der Waals surface area contributed by atoms with E-state index in [9.17, 15) is 0 Å². The monoisotopic (exact) mass is 588 g/mol. The minimum atomic E-state index is -0.583. The van der Waals surface area contributed by atoms with Crippen LogP contribution in [0.2, 0.25) is 0 Å². The molecule has 0 aromatic rings. The summed E-state index contributed by atoms with van der Waals surface area (Å²) in [6.45, 7) is 14.9. The van der Waals surface area contributed by atoms with Crippen LogP contribution < -0.4 is 0 Å². The molecule has 0 atom stereocenters. The maximum atomic E-state index is 9.11. The van der Waals surface area contributed by atoms with E-state index >= 15 is 0 Å². The molecule has 0 radical (unpaired) electrons. The Hall–Kier alpha value is 3.81. The molecule has 0 aliphatic heterocycles. The molecule has 0 unspecified atom stereocenters. The zero-order chi connectivity index (χ0) is 17.0. The minimum absolute atomic E-state index is 0. The van der Waals surface area contributed by atoms with E-state index in [1.165, 1.54) is 25.7 Å². The van der Waals surface area contributed by atoms with Crippen LogP contribution in [0.25, 0.3) is 11.5 Å². The van der Waals surface area contributed by atoms with Crippen LogP contribution in [0.1, 0.15) is 55.4 Å². The number of carbonyl (C=O) groups excluding carboxylic acids is 2. The first-order valence-corrected chi connectivity index (χ1v) is 9.58. The fourth-order valence-electron chi connectivity index (χ4n) is 0. The van der Waals surface area contributed by atoms with Crippen LogP contribution in [-0.4, -0.2) is 11.8 Å². The molecule has 0 bridgehead atoms. The third kappa shape index (κ3) is 1100. The molecule has 2 N–H and O–H groups in total. The van der Waals surface area contributed by atoms with Crippen molar-refractivity contribution >= 4 is 30.4 Å². The first-order valence-electron chi connectivity index (χ1n) is 5.29. The molecule has 0 aromatic carbocycles. The van der Waals surface area contributed by atoms with Crippen LogP contribution in [0, 0.1) is 11.8 Å². The van der Waals surface area contributed by atoms with Crippen molar-refractivity contribution in [2.75, 3.05) is 0 Å². The van der Waals surface area contributed by atoms with E-state index in [1.54, 1.807) is 0 Å². The number of hydrogen-bond donors (Lipinski definition) is 0. The van der Waals surface area contributed by atoms with E-state index < -0.39 is 28.8 Å². The normalized spacial score (nSPS) is 5.67. The SMILES string of the molecule is CC([NH-])=O.CC([NH-])=O.C[C-](C)C.C[C-](C)C.[Cl][Ti][Cl].[Ti+2].[Ti].[Ti].[Ti].[Ti]. The number of hydrogen-bond acceptors (Lipinski definition) is 2. The fourth-order valence-corrected chi connectivity index (χ4v) is 0. The Morgan fingerprint density at radius 3 is 0.708 bits per heavy atom. The summed E-state index contributed by atoms with van der Waals surface area (Å²) in [4.78, 5) is 18.2. The van der Waals surface area contributed by atoms with E-state index in [-0.39, 0.29) is 109 Å². The minimum Gasteiger partial charge on any atom is 0 e. The standard InChI is InChI=1S/2C4H9.2C2H5NO.2ClH.6Ti/c2*1-4(2)3;2*1-2(3)4;;;;;;;;/h2*1-3H3;2*1H3,(H2,3,4);2*1H;;;;;;/q2*-1;;;;;;;;;2*+2/p-4. The molecule has 4 nitrogen and oxygen atoms in total. The van der Waals surface area contributed by atoms with E-state index in [1.807, 2.05) is 0 Å². The number of rotatable bonds is 0. The molecule has 136 valence electrons. The van der Waals surface area contributed by atoms with Crippen LogP contribution in [0.3, 0.4) is 0 Å². The summed E-state index contributed by atoms with van der Waals surface area (Å²) in [5, 5.41) is 0. The molecule has 0 saturated heterocycles. The summed E-state index contributed by atoms with van der Waals surface area (Å²) < 4.78 is 0. The van der Waals surface area contributed by atoms with E-state index in [4.69, 9.17) is 39.7 Å². The summed E-state index contributed by atoms with van der Waals surface area (Å²) >= 11 is -0.556. The summed E-state index contributed by atoms with van der Waals surface area (Å²) in [6.07, 6.45) is 0. The number of halogens is 2. The van der Waals surface area contributed by atoms with Gasteiger partial charge in [0.05, 0.1) is 0 Å². The van der Waals surface area contributed by atoms with Gasteiger partial charge >= 0.3 is 57.4 Å². The molecule has 2 amide bonds. The van der Waals surface area contributed by atoms with Gasteiger partial charge in [0.15, 0.2) is 0 Å². The van der Waals surface area contributed by atoms with E-state index in [0.29, 0.717) is 0 Å². The van der Waals surface area contributed by atoms with E-state index in [0.717, 1.165) is 0 Å². The van der Waals surface area contributed by atoms with Crippen molar-refractivity contribution in [2.45, 2.75) is 55.4 Å². The number of amides is 2. The van der Waals surface area contributed by atoms with Crippen LogP contribution in [0.4, 0.5) is 0 Å². The van der Waals surface area contributed by atoms with Crippen molar-refractivity contribution in [1.82, 2.24) is 0 Å². The zero-order valence-corrected chi connectivity index (χ0v) is 26.5. The smallest absolute Gasteiger partial charge is 0 e. The van der Waals surface area contributed by atoms with Crippen molar-refractivity contribution < 1.29 is 135 Å². The average molecular weight is 588 g/mol. The quantitative estimate of drug-likeness (QED) is 0.266. The van der Waals surface area contributed by atoms with Gasteiger partial charge in [0.25, 0.3) is 0 Å². The zero-order valence-electron chi connectivity index (χ0n) is 15.6. The maximum Gasteiger partial charge on any atom is 2.00 e. The first-order chi connectivity index (χ1) is 8.34. The van der Waals surface area contributed by atoms with Gasteiger partial charge in [-0.15, -0.1) is 0 Å². The second kappa shape index (κ2) is 63.2. The van der Waals surface area contributed by atoms with Crippen molar-refractivity contribution in [2.24, 2.45) is 0 Å². The van der Waals surface area contributed by atoms with Gasteiger partial charge in [-0.2, -0.15) is 41.5 Å². The number of carbonyl (C=O) groups is 2. The molecule has 12 heteroatoms. The molecule has 0 fully saturated rings. The second-order valence-corrected chi connectivity index (χ2v) is 6.76. The Morgan fingerprint density at radius 1 is 0.708 bits per heavy atom. The molecule has 0 saturated carbocycles. The summed E-state index contributed by atoms with van der Waals surface area (Å²) in [6, 6.07) is 0. The molecule has 0 heterocycles. The molecule has 0 aliphatic rings. The Balaban J connectivity index is -0.0000000122. The molecule has 24 heavy (non-hydrogen) atoms. The summed E-state index contributed by atoms with van der Waals surface area (Å²) in [5.74, 6) is 1.67. The average Bonchev–Trinajstić information content (AvgIpc) is 1.97. The van der Waals surface area contributed by atoms with Gasteiger partial charge in [0.1, 0.15) is 0 Å². The molecular formula is C12H26Cl2N2O2Ti6-2. The van der Waals surface area contributed by atoms with Crippen molar-refractivity contribution in [3.63, 3.8) is 0 Å². The van der Waals surface area contributed by atoms with Crippen LogP contribution in [0.15, 0.2) is 0 Å². The maximum absolute atomic E-state index is 9.11. The summed E-state index contributed by atoms with van der Waals surface area (Å²) in [7, 11) is 9.78. The van der Waals surface area contributed by atoms with Gasteiger partial charge in [0.2, 0.25) is 0 Å². The van der Waals surface area contributed by atoms with Crippen molar-refractivity contribution in [3.05, 3.63) is 23.3 Å². The van der Waals surface area contributed by atoms with Crippen molar-refractivity contribution in [3.8, 4) is 0 Å². The molecule has 0 spiro atoms. The third-order valence-electron chi connectivity index (χ3n) is 0. The molecule has 0 aliphatic carbocycles. The first kappa shape index (κ1) is 63.0. The Morgan fingerprint density at radius 2 is 0.708 bits per heavy atom.